The molecule has 0 radical (unpaired) electrons. The average molecular weight is 262 g/mol. The third-order valence-corrected chi connectivity index (χ3v) is 3.15. The number of rotatable bonds is 1. The first-order valence-electron chi connectivity index (χ1n) is 5.38. The van der Waals surface area contributed by atoms with Crippen LogP contribution in [0.5, 0.6) is 0 Å². The normalized spacial score (nSPS) is 11.1. The molecule has 1 aromatic carbocycles. The van der Waals surface area contributed by atoms with Crippen LogP contribution in [0.4, 0.5) is 4.39 Å². The number of nitrogens with zero attached hydrogens (tertiary/aromatic N) is 3. The van der Waals surface area contributed by atoms with E-state index in [-0.39, 0.29) is 5.02 Å². The number of hydrogen-bond donors (Lipinski definition) is 0. The largest absolute Gasteiger partial charge is 0.327 e. The molecule has 0 atom stereocenters. The molecule has 0 fully saturated rings. The van der Waals surface area contributed by atoms with E-state index >= 15 is 0 Å². The molecule has 0 bridgehead atoms. The molecule has 2 heterocycles. The van der Waals surface area contributed by atoms with Gasteiger partial charge in [0.2, 0.25) is 0 Å². The van der Waals surface area contributed by atoms with Crippen molar-refractivity contribution in [1.29, 1.82) is 0 Å². The molecule has 90 valence electrons. The van der Waals surface area contributed by atoms with Crippen molar-refractivity contribution in [3.8, 4) is 11.4 Å². The Bertz CT molecular complexity index is 722. The second-order valence-electron chi connectivity index (χ2n) is 3.99. The molecule has 18 heavy (non-hydrogen) atoms. The summed E-state index contributed by atoms with van der Waals surface area (Å²) in [5.74, 6) is 0.303. The summed E-state index contributed by atoms with van der Waals surface area (Å²) >= 11 is 5.79. The van der Waals surface area contributed by atoms with E-state index in [9.17, 15) is 4.39 Å². The Labute approximate surface area is 108 Å². The Hall–Kier alpha value is -1.94. The number of fused-ring (bicyclic) bond motifs is 1. The molecular formula is C13H9ClFN3. The maximum atomic E-state index is 13.4. The number of halogens is 2. The van der Waals surface area contributed by atoms with Crippen LogP contribution in [0.3, 0.4) is 0 Å². The zero-order valence-electron chi connectivity index (χ0n) is 9.56. The van der Waals surface area contributed by atoms with Gasteiger partial charge < -0.3 is 4.57 Å². The van der Waals surface area contributed by atoms with Crippen LogP contribution in [0.1, 0.15) is 0 Å². The summed E-state index contributed by atoms with van der Waals surface area (Å²) in [6, 6.07) is 6.66. The van der Waals surface area contributed by atoms with Gasteiger partial charge in [-0.05, 0) is 18.2 Å². The molecule has 3 nitrogen and oxygen atoms in total. The Morgan fingerprint density at radius 1 is 1.22 bits per heavy atom. The van der Waals surface area contributed by atoms with Crippen LogP contribution >= 0.6 is 11.6 Å². The highest BCUT2D eigenvalue weighted by Crippen LogP contribution is 2.27. The van der Waals surface area contributed by atoms with Crippen molar-refractivity contribution >= 4 is 22.6 Å². The Balaban J connectivity index is 2.30. The summed E-state index contributed by atoms with van der Waals surface area (Å²) in [6.45, 7) is 0. The molecule has 0 saturated carbocycles. The Morgan fingerprint density at radius 2 is 1.94 bits per heavy atom. The molecule has 0 saturated heterocycles. The molecule has 0 unspecified atom stereocenters. The number of aromatic nitrogens is 3. The Kier molecular flexibility index (Phi) is 2.52. The average Bonchev–Trinajstić information content (AvgIpc) is 2.69. The number of benzene rings is 1. The van der Waals surface area contributed by atoms with Crippen LogP contribution in [0.2, 0.25) is 5.02 Å². The highest BCUT2D eigenvalue weighted by molar-refractivity contribution is 6.31. The minimum atomic E-state index is -0.455. The quantitative estimate of drug-likeness (QED) is 0.672. The molecule has 3 rings (SSSR count). The van der Waals surface area contributed by atoms with Gasteiger partial charge in [-0.25, -0.2) is 9.37 Å². The van der Waals surface area contributed by atoms with Gasteiger partial charge in [-0.1, -0.05) is 11.6 Å². The van der Waals surface area contributed by atoms with Crippen molar-refractivity contribution in [3.63, 3.8) is 0 Å². The lowest BCUT2D eigenvalue weighted by Gasteiger charge is -2.01. The molecule has 2 aromatic heterocycles. The van der Waals surface area contributed by atoms with Crippen LogP contribution < -0.4 is 0 Å². The van der Waals surface area contributed by atoms with Crippen LogP contribution in [-0.4, -0.2) is 14.5 Å². The highest BCUT2D eigenvalue weighted by Gasteiger charge is 2.12. The first-order valence-corrected chi connectivity index (χ1v) is 5.76. The lowest BCUT2D eigenvalue weighted by molar-refractivity contribution is 0.630. The summed E-state index contributed by atoms with van der Waals surface area (Å²) in [5, 5.41) is 0.103. The fourth-order valence-corrected chi connectivity index (χ4v) is 2.10. The topological polar surface area (TPSA) is 30.7 Å². The second-order valence-corrected chi connectivity index (χ2v) is 4.39. The molecule has 3 aromatic rings. The van der Waals surface area contributed by atoms with Crippen molar-refractivity contribution in [2.24, 2.45) is 7.05 Å². The van der Waals surface area contributed by atoms with Gasteiger partial charge >= 0.3 is 0 Å². The smallest absolute Gasteiger partial charge is 0.144 e. The predicted octanol–water partition coefficient (Wildman–Crippen LogP) is 3.43. The van der Waals surface area contributed by atoms with Crippen molar-refractivity contribution in [1.82, 2.24) is 14.5 Å². The summed E-state index contributed by atoms with van der Waals surface area (Å²) in [7, 11) is 1.87. The van der Waals surface area contributed by atoms with Crippen LogP contribution in [0.15, 0.2) is 36.7 Å². The summed E-state index contributed by atoms with van der Waals surface area (Å²) in [4.78, 5) is 8.39. The monoisotopic (exact) mass is 261 g/mol. The third kappa shape index (κ3) is 1.66. The van der Waals surface area contributed by atoms with Crippen molar-refractivity contribution in [3.05, 3.63) is 47.5 Å². The van der Waals surface area contributed by atoms with E-state index in [1.165, 1.54) is 6.07 Å². The first-order chi connectivity index (χ1) is 8.66. The molecule has 0 aliphatic heterocycles. The van der Waals surface area contributed by atoms with Crippen LogP contribution in [0, 0.1) is 5.82 Å². The van der Waals surface area contributed by atoms with Gasteiger partial charge in [0, 0.05) is 31.1 Å². The minimum absolute atomic E-state index is 0.103. The molecular weight excluding hydrogens is 253 g/mol. The van der Waals surface area contributed by atoms with Crippen molar-refractivity contribution < 1.29 is 4.39 Å². The van der Waals surface area contributed by atoms with E-state index in [0.29, 0.717) is 5.52 Å². The van der Waals surface area contributed by atoms with E-state index in [1.807, 2.05) is 23.7 Å². The number of pyridine rings is 1. The van der Waals surface area contributed by atoms with E-state index < -0.39 is 5.82 Å². The standard InChI is InChI=1S/C13H9ClFN3/c1-18-12-6-9(14)10(15)7-11(12)17-13(18)8-2-4-16-5-3-8/h2-7H,1H3. The summed E-state index contributed by atoms with van der Waals surface area (Å²) in [6.07, 6.45) is 3.39. The molecule has 0 aliphatic carbocycles. The summed E-state index contributed by atoms with van der Waals surface area (Å²) < 4.78 is 15.3. The molecule has 0 N–H and O–H groups in total. The van der Waals surface area contributed by atoms with Gasteiger partial charge in [0.1, 0.15) is 11.6 Å². The van der Waals surface area contributed by atoms with Gasteiger partial charge in [0.25, 0.3) is 0 Å². The fourth-order valence-electron chi connectivity index (χ4n) is 1.95. The molecule has 0 spiro atoms. The lowest BCUT2D eigenvalue weighted by Crippen LogP contribution is -1.92. The first kappa shape index (κ1) is 11.2. The van der Waals surface area contributed by atoms with Gasteiger partial charge in [0.15, 0.2) is 0 Å². The maximum Gasteiger partial charge on any atom is 0.144 e. The van der Waals surface area contributed by atoms with E-state index in [2.05, 4.69) is 9.97 Å². The number of imidazole rings is 1. The van der Waals surface area contributed by atoms with Crippen LogP contribution in [0.25, 0.3) is 22.4 Å². The number of hydrogen-bond acceptors (Lipinski definition) is 2. The molecule has 5 heteroatoms. The van der Waals surface area contributed by atoms with E-state index in [1.54, 1.807) is 18.5 Å². The zero-order valence-corrected chi connectivity index (χ0v) is 10.3. The predicted molar refractivity (Wildman–Crippen MR) is 68.9 cm³/mol. The lowest BCUT2D eigenvalue weighted by atomic mass is 10.2. The van der Waals surface area contributed by atoms with Crippen LogP contribution in [-0.2, 0) is 7.05 Å². The third-order valence-electron chi connectivity index (χ3n) is 2.86. The second kappa shape index (κ2) is 4.07. The van der Waals surface area contributed by atoms with Crippen molar-refractivity contribution in [2.75, 3.05) is 0 Å². The molecule has 0 amide bonds. The van der Waals surface area contributed by atoms with E-state index in [4.69, 9.17) is 11.6 Å². The number of aryl methyl sites for hydroxylation is 1. The van der Waals surface area contributed by atoms with E-state index in [0.717, 1.165) is 16.9 Å². The fraction of sp³-hybridized carbons (Fsp3) is 0.0769. The van der Waals surface area contributed by atoms with Gasteiger partial charge in [-0.3, -0.25) is 4.98 Å². The van der Waals surface area contributed by atoms with Gasteiger partial charge in [-0.2, -0.15) is 0 Å². The van der Waals surface area contributed by atoms with Crippen molar-refractivity contribution in [2.45, 2.75) is 0 Å². The minimum Gasteiger partial charge on any atom is -0.327 e. The summed E-state index contributed by atoms with van der Waals surface area (Å²) in [5.41, 5.74) is 2.32. The van der Waals surface area contributed by atoms with Gasteiger partial charge in [-0.15, -0.1) is 0 Å². The Morgan fingerprint density at radius 3 is 2.67 bits per heavy atom. The molecule has 0 aliphatic rings. The highest BCUT2D eigenvalue weighted by atomic mass is 35.5. The van der Waals surface area contributed by atoms with Gasteiger partial charge in [0.05, 0.1) is 16.1 Å². The maximum absolute atomic E-state index is 13.4. The zero-order chi connectivity index (χ0) is 12.7. The SMILES string of the molecule is Cn1c(-c2ccncc2)nc2cc(F)c(Cl)cc21.